The van der Waals surface area contributed by atoms with Crippen LogP contribution in [0.4, 0.5) is 0 Å². The van der Waals surface area contributed by atoms with E-state index in [1.54, 1.807) is 12.1 Å². The van der Waals surface area contributed by atoms with Crippen molar-refractivity contribution in [2.75, 3.05) is 6.54 Å². The van der Waals surface area contributed by atoms with Gasteiger partial charge in [0.15, 0.2) is 0 Å². The first-order valence-corrected chi connectivity index (χ1v) is 8.08. The van der Waals surface area contributed by atoms with Gasteiger partial charge in [-0.2, -0.15) is 0 Å². The number of hydrogen-bond donors (Lipinski definition) is 2. The SMILES string of the molecule is Cn1c(CCCNCc2ccc(C(=O)O)cc2)nc2ccccc21. The maximum Gasteiger partial charge on any atom is 0.335 e. The van der Waals surface area contributed by atoms with Crippen molar-refractivity contribution < 1.29 is 9.90 Å². The number of nitrogens with zero attached hydrogens (tertiary/aromatic N) is 2. The Kier molecular flexibility index (Phi) is 4.91. The highest BCUT2D eigenvalue weighted by atomic mass is 16.4. The number of fused-ring (bicyclic) bond motifs is 1. The molecule has 0 aliphatic heterocycles. The number of carbonyl (C=O) groups is 1. The van der Waals surface area contributed by atoms with Gasteiger partial charge in [-0.3, -0.25) is 0 Å². The van der Waals surface area contributed by atoms with Crippen molar-refractivity contribution in [3.05, 3.63) is 65.5 Å². The zero-order valence-electron chi connectivity index (χ0n) is 13.7. The van der Waals surface area contributed by atoms with Crippen LogP contribution in [0.3, 0.4) is 0 Å². The summed E-state index contributed by atoms with van der Waals surface area (Å²) in [7, 11) is 2.06. The zero-order chi connectivity index (χ0) is 16.9. The van der Waals surface area contributed by atoms with Crippen LogP contribution < -0.4 is 5.32 Å². The van der Waals surface area contributed by atoms with Crippen LogP contribution in [0.25, 0.3) is 11.0 Å². The molecular formula is C19H21N3O2. The van der Waals surface area contributed by atoms with Crippen LogP contribution in [0.2, 0.25) is 0 Å². The van der Waals surface area contributed by atoms with Crippen molar-refractivity contribution in [1.29, 1.82) is 0 Å². The summed E-state index contributed by atoms with van der Waals surface area (Å²) in [5.74, 6) is 0.209. The number of carboxylic acid groups (broad SMARTS) is 1. The fourth-order valence-electron chi connectivity index (χ4n) is 2.79. The van der Waals surface area contributed by atoms with Gasteiger partial charge in [-0.25, -0.2) is 9.78 Å². The number of carboxylic acids is 1. The molecule has 0 radical (unpaired) electrons. The summed E-state index contributed by atoms with van der Waals surface area (Å²) in [4.78, 5) is 15.5. The fraction of sp³-hybridized carbons (Fsp3) is 0.263. The molecule has 0 aliphatic rings. The summed E-state index contributed by atoms with van der Waals surface area (Å²) in [6.45, 7) is 1.63. The maximum absolute atomic E-state index is 10.8. The van der Waals surface area contributed by atoms with Crippen LogP contribution in [0.1, 0.15) is 28.2 Å². The summed E-state index contributed by atoms with van der Waals surface area (Å²) in [6, 6.07) is 15.1. The van der Waals surface area contributed by atoms with E-state index < -0.39 is 5.97 Å². The molecule has 1 aromatic heterocycles. The predicted molar refractivity (Wildman–Crippen MR) is 94.1 cm³/mol. The van der Waals surface area contributed by atoms with E-state index in [4.69, 9.17) is 5.11 Å². The molecule has 0 spiro atoms. The molecule has 0 fully saturated rings. The van der Waals surface area contributed by atoms with Gasteiger partial charge in [-0.1, -0.05) is 24.3 Å². The average molecular weight is 323 g/mol. The molecule has 0 saturated heterocycles. The minimum absolute atomic E-state index is 0.320. The number of hydrogen-bond acceptors (Lipinski definition) is 3. The fourth-order valence-corrected chi connectivity index (χ4v) is 2.79. The number of para-hydroxylation sites is 2. The monoisotopic (exact) mass is 323 g/mol. The first kappa shape index (κ1) is 16.2. The Morgan fingerprint density at radius 1 is 1.17 bits per heavy atom. The molecule has 24 heavy (non-hydrogen) atoms. The number of rotatable bonds is 7. The third-order valence-corrected chi connectivity index (χ3v) is 4.16. The van der Waals surface area contributed by atoms with Crippen LogP contribution in [0, 0.1) is 0 Å². The van der Waals surface area contributed by atoms with E-state index in [1.807, 2.05) is 30.3 Å². The Morgan fingerprint density at radius 2 is 1.92 bits per heavy atom. The highest BCUT2D eigenvalue weighted by Gasteiger charge is 2.06. The van der Waals surface area contributed by atoms with Gasteiger partial charge in [0, 0.05) is 20.0 Å². The molecule has 0 saturated carbocycles. The standard InChI is InChI=1S/C19H21N3O2/c1-22-17-6-3-2-5-16(17)21-18(22)7-4-12-20-13-14-8-10-15(11-9-14)19(23)24/h2-3,5-6,8-11,20H,4,7,12-13H2,1H3,(H,23,24). The number of aromatic nitrogens is 2. The lowest BCUT2D eigenvalue weighted by atomic mass is 10.1. The van der Waals surface area contributed by atoms with Crippen LogP contribution in [0.5, 0.6) is 0 Å². The van der Waals surface area contributed by atoms with Gasteiger partial charge in [0.2, 0.25) is 0 Å². The van der Waals surface area contributed by atoms with E-state index in [9.17, 15) is 4.79 Å². The average Bonchev–Trinajstić information content (AvgIpc) is 2.91. The number of nitrogens with one attached hydrogen (secondary N) is 1. The largest absolute Gasteiger partial charge is 0.478 e. The molecule has 2 aromatic carbocycles. The molecule has 0 bridgehead atoms. The van der Waals surface area contributed by atoms with Gasteiger partial charge in [0.05, 0.1) is 16.6 Å². The number of aryl methyl sites for hydroxylation is 2. The number of imidazole rings is 1. The van der Waals surface area contributed by atoms with Crippen molar-refractivity contribution in [2.24, 2.45) is 7.05 Å². The molecule has 3 aromatic rings. The second-order valence-corrected chi connectivity index (χ2v) is 5.86. The number of aromatic carboxylic acids is 1. The van der Waals surface area contributed by atoms with E-state index in [1.165, 1.54) is 5.52 Å². The van der Waals surface area contributed by atoms with Crippen molar-refractivity contribution in [2.45, 2.75) is 19.4 Å². The lowest BCUT2D eigenvalue weighted by Crippen LogP contribution is -2.16. The van der Waals surface area contributed by atoms with E-state index in [-0.39, 0.29) is 0 Å². The quantitative estimate of drug-likeness (QED) is 0.656. The molecule has 5 nitrogen and oxygen atoms in total. The Balaban J connectivity index is 1.46. The Morgan fingerprint density at radius 3 is 2.62 bits per heavy atom. The summed E-state index contributed by atoms with van der Waals surface area (Å²) in [6.07, 6.45) is 1.93. The minimum atomic E-state index is -0.892. The Hall–Kier alpha value is -2.66. The topological polar surface area (TPSA) is 67.2 Å². The molecule has 2 N–H and O–H groups in total. The van der Waals surface area contributed by atoms with Gasteiger partial charge < -0.3 is 15.0 Å². The molecule has 0 atom stereocenters. The smallest absolute Gasteiger partial charge is 0.335 e. The summed E-state index contributed by atoms with van der Waals surface area (Å²) in [5.41, 5.74) is 3.61. The van der Waals surface area contributed by atoms with Gasteiger partial charge >= 0.3 is 5.97 Å². The van der Waals surface area contributed by atoms with Gasteiger partial charge in [0.1, 0.15) is 5.82 Å². The van der Waals surface area contributed by atoms with Crippen LogP contribution in [-0.4, -0.2) is 27.2 Å². The van der Waals surface area contributed by atoms with Gasteiger partial charge in [0.25, 0.3) is 0 Å². The first-order valence-electron chi connectivity index (χ1n) is 8.08. The summed E-state index contributed by atoms with van der Waals surface area (Å²) >= 11 is 0. The molecular weight excluding hydrogens is 302 g/mol. The maximum atomic E-state index is 10.8. The van der Waals surface area contributed by atoms with Crippen LogP contribution >= 0.6 is 0 Å². The summed E-state index contributed by atoms with van der Waals surface area (Å²) in [5, 5.41) is 12.3. The highest BCUT2D eigenvalue weighted by molar-refractivity contribution is 5.87. The van der Waals surface area contributed by atoms with Crippen molar-refractivity contribution >= 4 is 17.0 Å². The van der Waals surface area contributed by atoms with Crippen molar-refractivity contribution in [1.82, 2.24) is 14.9 Å². The lowest BCUT2D eigenvalue weighted by Gasteiger charge is -2.06. The molecule has 0 amide bonds. The predicted octanol–water partition coefficient (Wildman–Crippen LogP) is 2.99. The van der Waals surface area contributed by atoms with E-state index in [0.717, 1.165) is 42.8 Å². The van der Waals surface area contributed by atoms with Gasteiger partial charge in [-0.05, 0) is 42.8 Å². The second kappa shape index (κ2) is 7.27. The van der Waals surface area contributed by atoms with Crippen molar-refractivity contribution in [3.8, 4) is 0 Å². The Labute approximate surface area is 141 Å². The highest BCUT2D eigenvalue weighted by Crippen LogP contribution is 2.15. The second-order valence-electron chi connectivity index (χ2n) is 5.86. The van der Waals surface area contributed by atoms with Gasteiger partial charge in [-0.15, -0.1) is 0 Å². The van der Waals surface area contributed by atoms with E-state index in [2.05, 4.69) is 28.0 Å². The molecule has 3 rings (SSSR count). The first-order chi connectivity index (χ1) is 11.6. The summed E-state index contributed by atoms with van der Waals surface area (Å²) < 4.78 is 2.15. The van der Waals surface area contributed by atoms with E-state index >= 15 is 0 Å². The van der Waals surface area contributed by atoms with Crippen molar-refractivity contribution in [3.63, 3.8) is 0 Å². The zero-order valence-corrected chi connectivity index (χ0v) is 13.7. The normalized spacial score (nSPS) is 11.0. The third-order valence-electron chi connectivity index (χ3n) is 4.16. The molecule has 0 unspecified atom stereocenters. The third kappa shape index (κ3) is 3.63. The Bertz CT molecular complexity index is 837. The number of benzene rings is 2. The van der Waals surface area contributed by atoms with Crippen LogP contribution in [0.15, 0.2) is 48.5 Å². The lowest BCUT2D eigenvalue weighted by molar-refractivity contribution is 0.0697. The van der Waals surface area contributed by atoms with Crippen LogP contribution in [-0.2, 0) is 20.0 Å². The molecule has 124 valence electrons. The molecule has 1 heterocycles. The van der Waals surface area contributed by atoms with E-state index in [0.29, 0.717) is 5.56 Å². The molecule has 5 heteroatoms. The molecule has 0 aliphatic carbocycles. The minimum Gasteiger partial charge on any atom is -0.478 e.